The molecule has 0 radical (unpaired) electrons. The molecule has 13 nitrogen and oxygen atoms in total. The third-order valence-corrected chi connectivity index (χ3v) is 4.57. The number of aliphatic hydroxyl groups is 2. The van der Waals surface area contributed by atoms with Crippen LogP contribution in [0.4, 0.5) is 5.95 Å². The molecule has 0 bridgehead atoms. The number of halogens is 1. The Bertz CT molecular complexity index is 911. The van der Waals surface area contributed by atoms with Gasteiger partial charge in [-0.2, -0.15) is 4.98 Å². The SMILES string of the molecule is Nc1nc2c(nc(Br)n2[C@@H]2O[C@H](COP(=O)(O)O)C(O)[C@@H]2O)c(=O)[nH]1. The predicted molar refractivity (Wildman–Crippen MR) is 84.2 cm³/mol. The minimum absolute atomic E-state index is 0.0130. The van der Waals surface area contributed by atoms with Crippen LogP contribution in [0.5, 0.6) is 0 Å². The number of nitrogens with zero attached hydrogens (tertiary/aromatic N) is 3. The van der Waals surface area contributed by atoms with Crippen molar-refractivity contribution in [1.29, 1.82) is 0 Å². The molecule has 4 atom stereocenters. The molecule has 3 rings (SSSR count). The summed E-state index contributed by atoms with van der Waals surface area (Å²) in [6.45, 7) is -0.667. The number of anilines is 1. The van der Waals surface area contributed by atoms with Gasteiger partial charge in [-0.15, -0.1) is 0 Å². The average Bonchev–Trinajstić information content (AvgIpc) is 2.95. The van der Waals surface area contributed by atoms with Crippen molar-refractivity contribution in [3.05, 3.63) is 15.1 Å². The van der Waals surface area contributed by atoms with Crippen molar-refractivity contribution in [3.8, 4) is 0 Å². The molecular formula is C10H13BrN5O8P. The van der Waals surface area contributed by atoms with Crippen LogP contribution in [0.15, 0.2) is 9.53 Å². The van der Waals surface area contributed by atoms with E-state index in [-0.39, 0.29) is 21.8 Å². The van der Waals surface area contributed by atoms with Crippen molar-refractivity contribution in [1.82, 2.24) is 19.5 Å². The Morgan fingerprint density at radius 2 is 2.04 bits per heavy atom. The number of aromatic amines is 1. The second kappa shape index (κ2) is 6.41. The van der Waals surface area contributed by atoms with E-state index in [1.54, 1.807) is 0 Å². The number of phosphoric ester groups is 1. The number of hydrogen-bond donors (Lipinski definition) is 6. The largest absolute Gasteiger partial charge is 0.469 e. The first-order valence-electron chi connectivity index (χ1n) is 6.73. The molecule has 0 spiro atoms. The van der Waals surface area contributed by atoms with Gasteiger partial charge in [-0.25, -0.2) is 9.55 Å². The van der Waals surface area contributed by atoms with E-state index < -0.39 is 44.5 Å². The molecule has 0 amide bonds. The molecule has 1 aliphatic heterocycles. The minimum atomic E-state index is -4.78. The smallest absolute Gasteiger partial charge is 0.387 e. The van der Waals surface area contributed by atoms with Crippen LogP contribution in [0, 0.1) is 0 Å². The highest BCUT2D eigenvalue weighted by Gasteiger charge is 2.46. The molecule has 1 fully saturated rings. The van der Waals surface area contributed by atoms with Crippen molar-refractivity contribution in [2.24, 2.45) is 0 Å². The van der Waals surface area contributed by atoms with E-state index in [0.717, 1.165) is 0 Å². The fraction of sp³-hybridized carbons (Fsp3) is 0.500. The molecule has 0 aromatic carbocycles. The molecule has 1 saturated heterocycles. The van der Waals surface area contributed by atoms with Gasteiger partial charge in [-0.3, -0.25) is 18.9 Å². The molecule has 0 saturated carbocycles. The summed E-state index contributed by atoms with van der Waals surface area (Å²) < 4.78 is 21.8. The molecule has 25 heavy (non-hydrogen) atoms. The molecule has 15 heteroatoms. The van der Waals surface area contributed by atoms with Crippen LogP contribution >= 0.6 is 23.8 Å². The van der Waals surface area contributed by atoms with Crippen LogP contribution in [0.3, 0.4) is 0 Å². The highest BCUT2D eigenvalue weighted by Crippen LogP contribution is 2.39. The molecule has 3 heterocycles. The van der Waals surface area contributed by atoms with Gasteiger partial charge < -0.3 is 30.5 Å². The number of aromatic nitrogens is 4. The number of hydrogen-bond acceptors (Lipinski definition) is 9. The number of H-pyrrole nitrogens is 1. The second-order valence-corrected chi connectivity index (χ2v) is 7.16. The van der Waals surface area contributed by atoms with Crippen LogP contribution in [0.25, 0.3) is 11.2 Å². The van der Waals surface area contributed by atoms with E-state index in [0.29, 0.717) is 0 Å². The van der Waals surface area contributed by atoms with Gasteiger partial charge in [0.25, 0.3) is 5.56 Å². The maximum Gasteiger partial charge on any atom is 0.469 e. The first-order valence-corrected chi connectivity index (χ1v) is 9.05. The molecule has 1 aliphatic rings. The summed E-state index contributed by atoms with van der Waals surface area (Å²) >= 11 is 3.11. The first kappa shape index (κ1) is 18.4. The third kappa shape index (κ3) is 3.47. The maximum absolute atomic E-state index is 11.9. The van der Waals surface area contributed by atoms with Crippen molar-refractivity contribution in [3.63, 3.8) is 0 Å². The summed E-state index contributed by atoms with van der Waals surface area (Å²) in [4.78, 5) is 39.5. The zero-order valence-corrected chi connectivity index (χ0v) is 14.7. The van der Waals surface area contributed by atoms with Crippen LogP contribution < -0.4 is 11.3 Å². The summed E-state index contributed by atoms with van der Waals surface area (Å²) in [5, 5.41) is 20.2. The van der Waals surface area contributed by atoms with E-state index in [2.05, 4.69) is 35.4 Å². The highest BCUT2D eigenvalue weighted by molar-refractivity contribution is 9.10. The van der Waals surface area contributed by atoms with Crippen molar-refractivity contribution in [2.75, 3.05) is 12.3 Å². The minimum Gasteiger partial charge on any atom is -0.387 e. The summed E-state index contributed by atoms with van der Waals surface area (Å²) in [5.41, 5.74) is 4.79. The lowest BCUT2D eigenvalue weighted by Gasteiger charge is -2.17. The van der Waals surface area contributed by atoms with Crippen LogP contribution in [-0.4, -0.2) is 64.4 Å². The van der Waals surface area contributed by atoms with Gasteiger partial charge in [0, 0.05) is 0 Å². The van der Waals surface area contributed by atoms with E-state index >= 15 is 0 Å². The standard InChI is InChI=1S/C10H13BrN5O8P/c11-9-13-3-6(14-10(12)15-7(3)19)16(9)8-5(18)4(17)2(24-8)1-23-25(20,21)22/h2,4-5,8,17-18H,1H2,(H2,20,21,22)(H3,12,14,15,19)/t2-,4?,5+,8-/m1/s1. The Kier molecular flexibility index (Phi) is 4.72. The molecule has 7 N–H and O–H groups in total. The van der Waals surface area contributed by atoms with Crippen molar-refractivity contribution >= 4 is 40.9 Å². The monoisotopic (exact) mass is 441 g/mol. The van der Waals surface area contributed by atoms with Gasteiger partial charge in [0.05, 0.1) is 6.61 Å². The molecule has 1 unspecified atom stereocenters. The Labute approximate surface area is 146 Å². The van der Waals surface area contributed by atoms with Gasteiger partial charge in [0.2, 0.25) is 5.95 Å². The summed E-state index contributed by atoms with van der Waals surface area (Å²) in [6, 6.07) is 0. The molecule has 138 valence electrons. The first-order chi connectivity index (χ1) is 11.6. The number of ether oxygens (including phenoxy) is 1. The molecule has 0 aliphatic carbocycles. The number of aliphatic hydroxyl groups excluding tert-OH is 2. The topological polar surface area (TPSA) is 206 Å². The number of fused-ring (bicyclic) bond motifs is 1. The zero-order valence-electron chi connectivity index (χ0n) is 12.2. The fourth-order valence-corrected chi connectivity index (χ4v) is 3.34. The van der Waals surface area contributed by atoms with Crippen LogP contribution in [0.2, 0.25) is 0 Å². The Balaban J connectivity index is 1.97. The number of nitrogens with two attached hydrogens (primary N) is 1. The summed E-state index contributed by atoms with van der Waals surface area (Å²) in [7, 11) is -4.78. The quantitative estimate of drug-likeness (QED) is 0.230. The van der Waals surface area contributed by atoms with Crippen molar-refractivity contribution < 1.29 is 33.8 Å². The lowest BCUT2D eigenvalue weighted by Crippen LogP contribution is -2.33. The normalized spacial score (nSPS) is 27.2. The van der Waals surface area contributed by atoms with Gasteiger partial charge >= 0.3 is 7.82 Å². The molecule has 2 aromatic heterocycles. The lowest BCUT2D eigenvalue weighted by molar-refractivity contribution is -0.0513. The Morgan fingerprint density at radius 1 is 1.36 bits per heavy atom. The Hall–Kier alpha value is -1.38. The number of nitrogen functional groups attached to an aromatic ring is 1. The van der Waals surface area contributed by atoms with Crippen LogP contribution in [0.1, 0.15) is 6.23 Å². The average molecular weight is 442 g/mol. The van der Waals surface area contributed by atoms with E-state index in [1.807, 2.05) is 0 Å². The second-order valence-electron chi connectivity index (χ2n) is 5.21. The fourth-order valence-electron chi connectivity index (χ4n) is 2.45. The van der Waals surface area contributed by atoms with Gasteiger partial charge in [0.15, 0.2) is 22.1 Å². The Morgan fingerprint density at radius 3 is 2.68 bits per heavy atom. The number of imidazole rings is 1. The van der Waals surface area contributed by atoms with E-state index in [4.69, 9.17) is 20.3 Å². The summed E-state index contributed by atoms with van der Waals surface area (Å²) in [5.74, 6) is -0.194. The number of nitrogens with one attached hydrogen (secondary N) is 1. The van der Waals surface area contributed by atoms with E-state index in [1.165, 1.54) is 4.57 Å². The van der Waals surface area contributed by atoms with Crippen molar-refractivity contribution in [2.45, 2.75) is 24.5 Å². The maximum atomic E-state index is 11.9. The van der Waals surface area contributed by atoms with E-state index in [9.17, 15) is 19.6 Å². The van der Waals surface area contributed by atoms with Gasteiger partial charge in [0.1, 0.15) is 18.3 Å². The number of phosphoric acid groups is 1. The highest BCUT2D eigenvalue weighted by atomic mass is 79.9. The van der Waals surface area contributed by atoms with Crippen LogP contribution in [-0.2, 0) is 13.8 Å². The summed E-state index contributed by atoms with van der Waals surface area (Å²) in [6.07, 6.45) is -5.52. The number of rotatable bonds is 4. The third-order valence-electron chi connectivity index (χ3n) is 3.52. The van der Waals surface area contributed by atoms with Gasteiger partial charge in [-0.05, 0) is 15.9 Å². The molecular weight excluding hydrogens is 429 g/mol. The zero-order chi connectivity index (χ0) is 18.5. The lowest BCUT2D eigenvalue weighted by atomic mass is 10.1. The predicted octanol–water partition coefficient (Wildman–Crippen LogP) is -1.81. The van der Waals surface area contributed by atoms with Gasteiger partial charge in [-0.1, -0.05) is 0 Å². The molecule has 2 aromatic rings.